The quantitative estimate of drug-likeness (QED) is 0.319. The Kier molecular flexibility index (Phi) is 8.37. The van der Waals surface area contributed by atoms with Crippen molar-refractivity contribution >= 4 is 49.9 Å². The standard InChI is InChI=1S/C23H19Br2N3O3/c24-19-11-18(22(20(25)12-19)31-15-16-7-3-1-4-8-16)13-27-28-21(29)14-26-23(30)17-9-5-2-6-10-17/h1-13H,14-15H2,(H,26,30)(H,28,29)/b27-13-. The maximum absolute atomic E-state index is 12.0. The lowest BCUT2D eigenvalue weighted by Crippen LogP contribution is -2.34. The summed E-state index contributed by atoms with van der Waals surface area (Å²) in [5, 5.41) is 6.54. The summed E-state index contributed by atoms with van der Waals surface area (Å²) < 4.78 is 7.54. The van der Waals surface area contributed by atoms with E-state index in [9.17, 15) is 9.59 Å². The normalized spacial score (nSPS) is 10.6. The zero-order chi connectivity index (χ0) is 22.1. The zero-order valence-corrected chi connectivity index (χ0v) is 19.5. The van der Waals surface area contributed by atoms with Crippen LogP contribution in [0.2, 0.25) is 0 Å². The fourth-order valence-electron chi connectivity index (χ4n) is 2.62. The summed E-state index contributed by atoms with van der Waals surface area (Å²) >= 11 is 6.95. The predicted molar refractivity (Wildman–Crippen MR) is 127 cm³/mol. The molecule has 3 aromatic carbocycles. The average molecular weight is 545 g/mol. The molecule has 0 fully saturated rings. The van der Waals surface area contributed by atoms with Gasteiger partial charge >= 0.3 is 0 Å². The lowest BCUT2D eigenvalue weighted by atomic mass is 10.2. The van der Waals surface area contributed by atoms with Crippen LogP contribution < -0.4 is 15.5 Å². The monoisotopic (exact) mass is 543 g/mol. The zero-order valence-electron chi connectivity index (χ0n) is 16.3. The second-order valence-corrected chi connectivity index (χ2v) is 8.19. The maximum Gasteiger partial charge on any atom is 0.259 e. The number of rotatable bonds is 8. The van der Waals surface area contributed by atoms with Gasteiger partial charge in [0.15, 0.2) is 0 Å². The Bertz CT molecular complexity index is 1070. The molecule has 0 aliphatic rings. The Hall–Kier alpha value is -2.97. The van der Waals surface area contributed by atoms with E-state index in [-0.39, 0.29) is 12.5 Å². The molecule has 3 aromatic rings. The van der Waals surface area contributed by atoms with E-state index < -0.39 is 5.91 Å². The minimum atomic E-state index is -0.443. The number of hydrogen-bond acceptors (Lipinski definition) is 4. The minimum Gasteiger partial charge on any atom is -0.487 e. The Labute approximate surface area is 197 Å². The smallest absolute Gasteiger partial charge is 0.259 e. The fourth-order valence-corrected chi connectivity index (χ4v) is 4.00. The van der Waals surface area contributed by atoms with Crippen molar-refractivity contribution in [2.45, 2.75) is 6.61 Å². The molecule has 0 aromatic heterocycles. The first-order valence-corrected chi connectivity index (χ1v) is 10.9. The van der Waals surface area contributed by atoms with Crippen LogP contribution >= 0.6 is 31.9 Å². The van der Waals surface area contributed by atoms with Crippen LogP contribution in [0.3, 0.4) is 0 Å². The summed E-state index contributed by atoms with van der Waals surface area (Å²) in [6.45, 7) is 0.199. The summed E-state index contributed by atoms with van der Waals surface area (Å²) in [6.07, 6.45) is 1.49. The second kappa shape index (κ2) is 11.4. The Morgan fingerprint density at radius 1 is 0.968 bits per heavy atom. The molecule has 0 bridgehead atoms. The van der Waals surface area contributed by atoms with E-state index in [1.807, 2.05) is 48.5 Å². The maximum atomic E-state index is 12.0. The van der Waals surface area contributed by atoms with Gasteiger partial charge in [-0.3, -0.25) is 9.59 Å². The molecule has 0 aliphatic carbocycles. The largest absolute Gasteiger partial charge is 0.487 e. The highest BCUT2D eigenvalue weighted by Crippen LogP contribution is 2.32. The van der Waals surface area contributed by atoms with Crippen LogP contribution in [0, 0.1) is 0 Å². The number of carbonyl (C=O) groups excluding carboxylic acids is 2. The molecule has 0 spiro atoms. The van der Waals surface area contributed by atoms with Gasteiger partial charge in [-0.1, -0.05) is 64.5 Å². The highest BCUT2D eigenvalue weighted by Gasteiger charge is 2.10. The Morgan fingerprint density at radius 3 is 2.35 bits per heavy atom. The van der Waals surface area contributed by atoms with Crippen LogP contribution in [-0.2, 0) is 11.4 Å². The molecule has 0 aliphatic heterocycles. The lowest BCUT2D eigenvalue weighted by molar-refractivity contribution is -0.120. The number of benzene rings is 3. The van der Waals surface area contributed by atoms with Crippen LogP contribution in [0.1, 0.15) is 21.5 Å². The molecule has 0 heterocycles. The molecule has 3 rings (SSSR count). The number of nitrogens with one attached hydrogen (secondary N) is 2. The molecule has 0 saturated heterocycles. The first-order valence-electron chi connectivity index (χ1n) is 9.34. The predicted octanol–water partition coefficient (Wildman–Crippen LogP) is 4.67. The molecule has 0 unspecified atom stereocenters. The molecule has 0 atom stereocenters. The van der Waals surface area contributed by atoms with Crippen molar-refractivity contribution in [1.29, 1.82) is 0 Å². The van der Waals surface area contributed by atoms with Crippen LogP contribution in [0.25, 0.3) is 0 Å². The number of hydrazone groups is 1. The number of amides is 2. The summed E-state index contributed by atoms with van der Waals surface area (Å²) in [5.41, 5.74) is 4.59. The van der Waals surface area contributed by atoms with Crippen molar-refractivity contribution in [3.63, 3.8) is 0 Å². The molecular formula is C23H19Br2N3O3. The number of halogens is 2. The number of nitrogens with zero attached hydrogens (tertiary/aromatic N) is 1. The van der Waals surface area contributed by atoms with Gasteiger partial charge in [-0.25, -0.2) is 5.43 Å². The van der Waals surface area contributed by atoms with Gasteiger partial charge in [-0.2, -0.15) is 5.10 Å². The van der Waals surface area contributed by atoms with Crippen LogP contribution in [-0.4, -0.2) is 24.6 Å². The van der Waals surface area contributed by atoms with E-state index in [2.05, 4.69) is 47.7 Å². The highest BCUT2D eigenvalue weighted by atomic mass is 79.9. The van der Waals surface area contributed by atoms with Crippen LogP contribution in [0.5, 0.6) is 5.75 Å². The Balaban J connectivity index is 1.59. The lowest BCUT2D eigenvalue weighted by Gasteiger charge is -2.12. The van der Waals surface area contributed by atoms with Gasteiger partial charge < -0.3 is 10.1 Å². The van der Waals surface area contributed by atoms with Crippen molar-refractivity contribution in [3.8, 4) is 5.75 Å². The molecule has 8 heteroatoms. The van der Waals surface area contributed by atoms with Crippen LogP contribution in [0.15, 0.2) is 86.8 Å². The summed E-state index contributed by atoms with van der Waals surface area (Å²) in [4.78, 5) is 24.0. The third-order valence-electron chi connectivity index (χ3n) is 4.10. The number of carbonyl (C=O) groups is 2. The number of ether oxygens (including phenoxy) is 1. The minimum absolute atomic E-state index is 0.190. The van der Waals surface area contributed by atoms with E-state index in [1.54, 1.807) is 24.3 Å². The van der Waals surface area contributed by atoms with E-state index in [0.717, 1.165) is 14.5 Å². The van der Waals surface area contributed by atoms with Crippen molar-refractivity contribution in [2.24, 2.45) is 5.10 Å². The highest BCUT2D eigenvalue weighted by molar-refractivity contribution is 9.11. The van der Waals surface area contributed by atoms with Crippen LogP contribution in [0.4, 0.5) is 0 Å². The van der Waals surface area contributed by atoms with Gasteiger partial charge in [0, 0.05) is 15.6 Å². The number of hydrogen-bond donors (Lipinski definition) is 2. The van der Waals surface area contributed by atoms with Gasteiger partial charge in [0.05, 0.1) is 17.2 Å². The van der Waals surface area contributed by atoms with Crippen molar-refractivity contribution < 1.29 is 14.3 Å². The van der Waals surface area contributed by atoms with E-state index in [4.69, 9.17) is 4.74 Å². The van der Waals surface area contributed by atoms with Gasteiger partial charge in [-0.15, -0.1) is 0 Å². The van der Waals surface area contributed by atoms with Crippen molar-refractivity contribution in [3.05, 3.63) is 98.4 Å². The second-order valence-electron chi connectivity index (χ2n) is 6.42. The SMILES string of the molecule is O=C(CNC(=O)c1ccccc1)N/N=C\c1cc(Br)cc(Br)c1OCc1ccccc1. The summed E-state index contributed by atoms with van der Waals surface area (Å²) in [5.74, 6) is -0.170. The molecule has 2 amide bonds. The van der Waals surface area contributed by atoms with Gasteiger partial charge in [0.25, 0.3) is 11.8 Å². The topological polar surface area (TPSA) is 79.8 Å². The van der Waals surface area contributed by atoms with E-state index in [1.165, 1.54) is 6.21 Å². The van der Waals surface area contributed by atoms with E-state index >= 15 is 0 Å². The average Bonchev–Trinajstić information content (AvgIpc) is 2.78. The molecule has 0 saturated carbocycles. The van der Waals surface area contributed by atoms with Gasteiger partial charge in [-0.05, 0) is 45.8 Å². The molecule has 0 radical (unpaired) electrons. The van der Waals surface area contributed by atoms with E-state index in [0.29, 0.717) is 23.5 Å². The first-order chi connectivity index (χ1) is 15.0. The first kappa shape index (κ1) is 22.7. The Morgan fingerprint density at radius 2 is 1.65 bits per heavy atom. The molecule has 6 nitrogen and oxygen atoms in total. The fraction of sp³-hybridized carbons (Fsp3) is 0.0870. The third-order valence-corrected chi connectivity index (χ3v) is 5.15. The molecule has 2 N–H and O–H groups in total. The van der Waals surface area contributed by atoms with Crippen molar-refractivity contribution in [1.82, 2.24) is 10.7 Å². The van der Waals surface area contributed by atoms with Gasteiger partial charge in [0.1, 0.15) is 12.4 Å². The van der Waals surface area contributed by atoms with Crippen molar-refractivity contribution in [2.75, 3.05) is 6.54 Å². The molecule has 158 valence electrons. The molecular weight excluding hydrogens is 526 g/mol. The summed E-state index contributed by atoms with van der Waals surface area (Å²) in [7, 11) is 0. The summed E-state index contributed by atoms with van der Waals surface area (Å²) in [6, 6.07) is 22.2. The van der Waals surface area contributed by atoms with Gasteiger partial charge in [0.2, 0.25) is 0 Å². The third kappa shape index (κ3) is 7.04. The molecule has 31 heavy (non-hydrogen) atoms.